The van der Waals surface area contributed by atoms with E-state index in [-0.39, 0.29) is 93.0 Å². The van der Waals surface area contributed by atoms with Crippen molar-refractivity contribution in [2.24, 2.45) is 0 Å². The van der Waals surface area contributed by atoms with Gasteiger partial charge in [0.05, 0.1) is 40.4 Å². The van der Waals surface area contributed by atoms with Crippen LogP contribution in [0.1, 0.15) is 253 Å². The quantitative estimate of drug-likeness (QED) is 0.0142. The maximum absolute atomic E-state index is 13.1. The lowest BCUT2D eigenvalue weighted by atomic mass is 10.0. The zero-order valence-corrected chi connectivity index (χ0v) is 54.6. The molecule has 0 aromatic rings. The van der Waals surface area contributed by atoms with Crippen LogP contribution in [0, 0.1) is 0 Å². The van der Waals surface area contributed by atoms with Crippen LogP contribution in [-0.4, -0.2) is 153 Å². The van der Waals surface area contributed by atoms with Crippen LogP contribution in [0.25, 0.3) is 0 Å². The summed E-state index contributed by atoms with van der Waals surface area (Å²) in [6.07, 6.45) is 36.8. The number of aliphatic hydroxyl groups excluding tert-OH is 2. The second-order valence-electron chi connectivity index (χ2n) is 23.8. The van der Waals surface area contributed by atoms with Crippen LogP contribution < -0.4 is 35.4 Å². The van der Waals surface area contributed by atoms with Gasteiger partial charge in [-0.25, -0.2) is 9.59 Å². The fourth-order valence-corrected chi connectivity index (χ4v) is 9.53. The number of amides is 2. The molecule has 16 nitrogen and oxygen atoms in total. The average molecular weight is 1210 g/mol. The molecule has 0 saturated heterocycles. The Labute approximate surface area is 511 Å². The van der Waals surface area contributed by atoms with E-state index in [0.717, 1.165) is 135 Å². The number of halogens is 2. The van der Waals surface area contributed by atoms with Crippen LogP contribution in [0.4, 0.5) is 0 Å². The number of nitrogens with one attached hydrogen (secondary N) is 2. The third-order valence-electron chi connectivity index (χ3n) is 14.6. The van der Waals surface area contributed by atoms with Crippen molar-refractivity contribution in [2.45, 2.75) is 284 Å². The summed E-state index contributed by atoms with van der Waals surface area (Å²) in [4.78, 5) is 74.3. The number of aliphatic hydroxyl groups is 2. The van der Waals surface area contributed by atoms with Crippen molar-refractivity contribution in [1.82, 2.24) is 10.6 Å². The highest BCUT2D eigenvalue weighted by molar-refractivity contribution is 5.79. The van der Waals surface area contributed by atoms with Crippen LogP contribution in [0.2, 0.25) is 0 Å². The molecule has 2 amide bonds. The van der Waals surface area contributed by atoms with Gasteiger partial charge in [-0.3, -0.25) is 19.2 Å². The van der Waals surface area contributed by atoms with Gasteiger partial charge in [0.15, 0.2) is 13.1 Å². The number of esters is 4. The Bertz CT molecular complexity index is 1580. The third kappa shape index (κ3) is 52.3. The number of rotatable bonds is 54. The maximum Gasteiger partial charge on any atom is 0.362 e. The third-order valence-corrected chi connectivity index (χ3v) is 14.6. The minimum atomic E-state index is -0.787. The number of hydrogen-bond acceptors (Lipinski definition) is 12. The molecule has 4 atom stereocenters. The Kier molecular flexibility index (Phi) is 55.0. The molecule has 0 fully saturated rings. The van der Waals surface area contributed by atoms with Crippen molar-refractivity contribution in [3.8, 4) is 0 Å². The van der Waals surface area contributed by atoms with E-state index in [0.29, 0.717) is 60.6 Å². The van der Waals surface area contributed by atoms with E-state index in [2.05, 4.69) is 43.6 Å². The SMILES string of the molecule is CCCCCCCCCCCC(NC(=O)CCCCCCCC=CCC(O)C(CCCCC)OC(=O)C[N+](C)(C)CCOC(C)=O)NC(=O)CCCCCCCC=CCC(O)C(CCCCC)OC(=O)C[N+](C)(C)CCOC(C)=O.[Cl-].[Cl-]. The fourth-order valence-electron chi connectivity index (χ4n) is 9.53. The molecule has 0 rings (SSSR count). The number of carbonyl (C=O) groups is 6. The molecular formula is C64H120Cl2N4O12. The number of allylic oxidation sites excluding steroid dienone is 2. The van der Waals surface area contributed by atoms with Gasteiger partial charge in [0.2, 0.25) is 11.8 Å². The number of ether oxygens (including phenoxy) is 4. The van der Waals surface area contributed by atoms with Crippen molar-refractivity contribution in [2.75, 3.05) is 67.6 Å². The van der Waals surface area contributed by atoms with Gasteiger partial charge in [-0.15, -0.1) is 0 Å². The first-order chi connectivity index (χ1) is 38.2. The van der Waals surface area contributed by atoms with E-state index >= 15 is 0 Å². The first-order valence-electron chi connectivity index (χ1n) is 31.8. The van der Waals surface area contributed by atoms with Crippen molar-refractivity contribution >= 4 is 35.7 Å². The number of carbonyl (C=O) groups excluding carboxylic acids is 6. The largest absolute Gasteiger partial charge is 1.00 e. The summed E-state index contributed by atoms with van der Waals surface area (Å²) >= 11 is 0. The van der Waals surface area contributed by atoms with Crippen LogP contribution in [0.3, 0.4) is 0 Å². The minimum Gasteiger partial charge on any atom is -1.00 e. The molecule has 0 aromatic carbocycles. The van der Waals surface area contributed by atoms with E-state index in [1.165, 1.54) is 58.8 Å². The second kappa shape index (κ2) is 54.4. The number of hydrogen-bond donors (Lipinski definition) is 4. The summed E-state index contributed by atoms with van der Waals surface area (Å²) in [6, 6.07) is 0. The van der Waals surface area contributed by atoms with Crippen molar-refractivity contribution in [3.05, 3.63) is 24.3 Å². The van der Waals surface area contributed by atoms with E-state index in [9.17, 15) is 39.0 Å². The molecule has 0 spiro atoms. The van der Waals surface area contributed by atoms with Gasteiger partial charge in [0.25, 0.3) is 0 Å². The molecule has 0 aliphatic rings. The molecule has 18 heteroatoms. The number of nitrogens with zero attached hydrogens (tertiary/aromatic N) is 2. The first-order valence-corrected chi connectivity index (χ1v) is 31.8. The lowest BCUT2D eigenvalue weighted by Crippen LogP contribution is -3.00. The first kappa shape index (κ1) is 82.9. The predicted octanol–water partition coefficient (Wildman–Crippen LogP) is 5.81. The van der Waals surface area contributed by atoms with Crippen molar-refractivity contribution < 1.29 is 91.7 Å². The molecule has 0 radical (unpaired) electrons. The van der Waals surface area contributed by atoms with Crippen LogP contribution in [0.15, 0.2) is 24.3 Å². The average Bonchev–Trinajstić information content (AvgIpc) is 3.37. The van der Waals surface area contributed by atoms with Crippen LogP contribution >= 0.6 is 0 Å². The number of likely N-dealkylation sites (N-methyl/N-ethyl adjacent to an activating group) is 2. The molecule has 0 aliphatic carbocycles. The van der Waals surface area contributed by atoms with E-state index in [1.54, 1.807) is 0 Å². The molecule has 82 heavy (non-hydrogen) atoms. The van der Waals surface area contributed by atoms with Gasteiger partial charge in [-0.1, -0.05) is 161 Å². The van der Waals surface area contributed by atoms with Crippen LogP contribution in [0.5, 0.6) is 0 Å². The Morgan fingerprint density at radius 1 is 0.439 bits per heavy atom. The van der Waals surface area contributed by atoms with Gasteiger partial charge < -0.3 is 73.6 Å². The van der Waals surface area contributed by atoms with Crippen molar-refractivity contribution in [3.63, 3.8) is 0 Å². The normalized spacial score (nSPS) is 13.5. The minimum absolute atomic E-state index is 0. The molecule has 0 saturated carbocycles. The molecule has 0 heterocycles. The summed E-state index contributed by atoms with van der Waals surface area (Å²) in [5.74, 6) is -1.48. The van der Waals surface area contributed by atoms with Crippen molar-refractivity contribution in [1.29, 1.82) is 0 Å². The molecule has 4 unspecified atom stereocenters. The maximum atomic E-state index is 13.1. The summed E-state index contributed by atoms with van der Waals surface area (Å²) in [5, 5.41) is 28.3. The Morgan fingerprint density at radius 3 is 1.12 bits per heavy atom. The van der Waals surface area contributed by atoms with Gasteiger partial charge in [0.1, 0.15) is 44.7 Å². The fraction of sp³-hybridized carbons (Fsp3) is 0.844. The summed E-state index contributed by atoms with van der Waals surface area (Å²) in [5.41, 5.74) is 0. The molecule has 0 bridgehead atoms. The standard InChI is InChI=1S/C64H118N4O12.2ClH/c1-10-13-16-17-18-19-26-31-38-45-60(65-61(73)46-39-32-27-22-20-24-29-36-41-56(71)58(43-34-14-11-2)79-63(75)52-67(6,7)48-50-77-54(4)69)66-62(74)47-40-33-28-23-21-25-30-37-42-57(72)59(44-35-15-12-3)80-64(76)53-68(8,9)49-51-78-55(5)70;;/h29-30,36-37,56-60,71-72H,10-28,31-35,38-53H2,1-9H3;2*1H. The predicted molar refractivity (Wildman–Crippen MR) is 321 cm³/mol. The van der Waals surface area contributed by atoms with Gasteiger partial charge in [0, 0.05) is 26.7 Å². The summed E-state index contributed by atoms with van der Waals surface area (Å²) in [7, 11) is 7.54. The topological polar surface area (TPSA) is 204 Å². The van der Waals surface area contributed by atoms with Gasteiger partial charge >= 0.3 is 23.9 Å². The lowest BCUT2D eigenvalue weighted by molar-refractivity contribution is -0.883. The monoisotopic (exact) mass is 1210 g/mol. The highest BCUT2D eigenvalue weighted by atomic mass is 35.5. The smallest absolute Gasteiger partial charge is 0.362 e. The number of unbranched alkanes of at least 4 members (excludes halogenated alkanes) is 22. The highest BCUT2D eigenvalue weighted by Crippen LogP contribution is 2.19. The summed E-state index contributed by atoms with van der Waals surface area (Å²) in [6.45, 7) is 10.8. The molecule has 0 aromatic heterocycles. The lowest BCUT2D eigenvalue weighted by Gasteiger charge is -2.30. The Hall–Kier alpha value is -3.28. The van der Waals surface area contributed by atoms with Gasteiger partial charge in [-0.2, -0.15) is 0 Å². The number of quaternary nitrogens is 2. The van der Waals surface area contributed by atoms with E-state index < -0.39 is 24.4 Å². The van der Waals surface area contributed by atoms with Gasteiger partial charge in [-0.05, 0) is 89.9 Å². The summed E-state index contributed by atoms with van der Waals surface area (Å²) < 4.78 is 22.3. The molecule has 0 aliphatic heterocycles. The zero-order chi connectivity index (χ0) is 59.7. The zero-order valence-electron chi connectivity index (χ0n) is 53.1. The second-order valence-corrected chi connectivity index (χ2v) is 23.8. The van der Waals surface area contributed by atoms with Crippen LogP contribution in [-0.2, 0) is 47.7 Å². The molecule has 4 N–H and O–H groups in total. The molecule has 482 valence electrons. The molecular weight excluding hydrogens is 1090 g/mol. The highest BCUT2D eigenvalue weighted by Gasteiger charge is 2.29. The Morgan fingerprint density at radius 2 is 0.756 bits per heavy atom. The Balaban J connectivity index is -0.0000312. The van der Waals surface area contributed by atoms with E-state index in [1.807, 2.05) is 40.3 Å². The van der Waals surface area contributed by atoms with E-state index in [4.69, 9.17) is 18.9 Å².